The number of hydrogen-bond donors (Lipinski definition) is 4. The number of para-hydroxylation sites is 1. The maximum Gasteiger partial charge on any atom is 0.207 e. The van der Waals surface area contributed by atoms with Crippen LogP contribution in [-0.4, -0.2) is 21.5 Å². The zero-order chi connectivity index (χ0) is 10.6. The highest BCUT2D eigenvalue weighted by Crippen LogP contribution is 2.26. The summed E-state index contributed by atoms with van der Waals surface area (Å²) in [7, 11) is 0. The van der Waals surface area contributed by atoms with E-state index in [4.69, 9.17) is 10.9 Å². The zero-order valence-corrected chi connectivity index (χ0v) is 7.95. The Kier molecular flexibility index (Phi) is 3.38. The number of phenolic OH excluding ortho intramolecular Hbond substituents is 2. The Morgan fingerprint density at radius 1 is 1.50 bits per heavy atom. The maximum absolute atomic E-state index is 9.35. The van der Waals surface area contributed by atoms with Crippen LogP contribution in [0.4, 0.5) is 0 Å². The summed E-state index contributed by atoms with van der Waals surface area (Å²) < 4.78 is 0. The third-order valence-electron chi connectivity index (χ3n) is 1.49. The molecule has 0 radical (unpaired) electrons. The molecule has 0 aliphatic carbocycles. The first-order valence-corrected chi connectivity index (χ1v) is 4.11. The van der Waals surface area contributed by atoms with Gasteiger partial charge in [-0.25, -0.2) is 10.8 Å². The van der Waals surface area contributed by atoms with Gasteiger partial charge in [0.2, 0.25) is 5.11 Å². The SMILES string of the molecule is NNC(=S)N=Cc1cccc(O)c1O. The first-order valence-electron chi connectivity index (χ1n) is 3.70. The number of hydrogen-bond acceptors (Lipinski definition) is 4. The van der Waals surface area contributed by atoms with Gasteiger partial charge in [-0.3, -0.25) is 5.43 Å². The van der Waals surface area contributed by atoms with Crippen molar-refractivity contribution in [2.75, 3.05) is 0 Å². The Hall–Kier alpha value is -1.66. The Morgan fingerprint density at radius 3 is 2.86 bits per heavy atom. The summed E-state index contributed by atoms with van der Waals surface area (Å²) in [4.78, 5) is 3.71. The summed E-state index contributed by atoms with van der Waals surface area (Å²) in [6.45, 7) is 0. The highest BCUT2D eigenvalue weighted by molar-refractivity contribution is 7.80. The quantitative estimate of drug-likeness (QED) is 0.176. The highest BCUT2D eigenvalue weighted by Gasteiger charge is 2.02. The molecule has 1 rings (SSSR count). The van der Waals surface area contributed by atoms with E-state index in [1.165, 1.54) is 12.3 Å². The largest absolute Gasteiger partial charge is 0.504 e. The molecule has 74 valence electrons. The summed E-state index contributed by atoms with van der Waals surface area (Å²) in [5.74, 6) is 4.54. The molecule has 0 aliphatic heterocycles. The predicted octanol–water partition coefficient (Wildman–Crippen LogP) is 0.265. The fourth-order valence-electron chi connectivity index (χ4n) is 0.818. The molecule has 1 aromatic rings. The molecule has 6 heteroatoms. The summed E-state index contributed by atoms with van der Waals surface area (Å²) in [6.07, 6.45) is 1.30. The van der Waals surface area contributed by atoms with Gasteiger partial charge in [-0.05, 0) is 24.4 Å². The lowest BCUT2D eigenvalue weighted by Crippen LogP contribution is -2.26. The fraction of sp³-hybridized carbons (Fsp3) is 0. The van der Waals surface area contributed by atoms with E-state index in [0.29, 0.717) is 5.56 Å². The van der Waals surface area contributed by atoms with Crippen LogP contribution in [0.25, 0.3) is 0 Å². The lowest BCUT2D eigenvalue weighted by Gasteiger charge is -2.00. The molecule has 0 heterocycles. The van der Waals surface area contributed by atoms with Gasteiger partial charge in [0.05, 0.1) is 0 Å². The van der Waals surface area contributed by atoms with Gasteiger partial charge in [-0.15, -0.1) is 0 Å². The van der Waals surface area contributed by atoms with Gasteiger partial charge in [0, 0.05) is 11.8 Å². The van der Waals surface area contributed by atoms with E-state index in [0.717, 1.165) is 0 Å². The number of phenols is 2. The summed E-state index contributed by atoms with van der Waals surface area (Å²) in [5, 5.41) is 18.6. The average molecular weight is 211 g/mol. The van der Waals surface area contributed by atoms with Crippen LogP contribution in [0.2, 0.25) is 0 Å². The average Bonchev–Trinajstić information content (AvgIpc) is 2.20. The zero-order valence-electron chi connectivity index (χ0n) is 7.14. The van der Waals surface area contributed by atoms with Crippen molar-refractivity contribution in [3.8, 4) is 11.5 Å². The molecule has 0 atom stereocenters. The van der Waals surface area contributed by atoms with Crippen LogP contribution in [0.15, 0.2) is 23.2 Å². The third kappa shape index (κ3) is 2.41. The first-order chi connectivity index (χ1) is 6.65. The van der Waals surface area contributed by atoms with Crippen LogP contribution in [0.3, 0.4) is 0 Å². The second-order valence-electron chi connectivity index (χ2n) is 2.42. The Bertz CT molecular complexity index is 379. The second-order valence-corrected chi connectivity index (χ2v) is 2.81. The van der Waals surface area contributed by atoms with Crippen molar-refractivity contribution in [2.45, 2.75) is 0 Å². The molecule has 0 amide bonds. The number of rotatable bonds is 1. The first kappa shape index (κ1) is 10.4. The standard InChI is InChI=1S/C8H9N3O2S/c9-11-8(14)10-4-5-2-1-3-6(12)7(5)13/h1-4,12-13H,9H2,(H,11,14). The van der Waals surface area contributed by atoms with Gasteiger partial charge in [-0.2, -0.15) is 0 Å². The molecule has 0 aromatic heterocycles. The van der Waals surface area contributed by atoms with Crippen molar-refractivity contribution >= 4 is 23.5 Å². The lowest BCUT2D eigenvalue weighted by molar-refractivity contribution is 0.403. The molecule has 0 unspecified atom stereocenters. The molecule has 0 saturated carbocycles. The molecule has 0 saturated heterocycles. The molecule has 5 N–H and O–H groups in total. The molecule has 14 heavy (non-hydrogen) atoms. The van der Waals surface area contributed by atoms with E-state index in [2.05, 4.69) is 22.6 Å². The number of nitrogens with zero attached hydrogens (tertiary/aromatic N) is 1. The molecule has 0 spiro atoms. The fourth-order valence-corrected chi connectivity index (χ4v) is 0.871. The minimum absolute atomic E-state index is 0.0905. The predicted molar refractivity (Wildman–Crippen MR) is 57.3 cm³/mol. The number of aromatic hydroxyl groups is 2. The van der Waals surface area contributed by atoms with E-state index < -0.39 is 0 Å². The monoisotopic (exact) mass is 211 g/mol. The smallest absolute Gasteiger partial charge is 0.207 e. The van der Waals surface area contributed by atoms with Crippen LogP contribution in [0, 0.1) is 0 Å². The lowest BCUT2D eigenvalue weighted by atomic mass is 10.2. The van der Waals surface area contributed by atoms with Crippen molar-refractivity contribution in [1.82, 2.24) is 5.43 Å². The van der Waals surface area contributed by atoms with E-state index in [9.17, 15) is 5.11 Å². The molecular weight excluding hydrogens is 202 g/mol. The number of benzene rings is 1. The van der Waals surface area contributed by atoms with E-state index in [1.54, 1.807) is 12.1 Å². The van der Waals surface area contributed by atoms with Crippen molar-refractivity contribution < 1.29 is 10.2 Å². The van der Waals surface area contributed by atoms with Crippen molar-refractivity contribution in [3.05, 3.63) is 23.8 Å². The van der Waals surface area contributed by atoms with E-state index >= 15 is 0 Å². The molecule has 0 fully saturated rings. The van der Waals surface area contributed by atoms with Gasteiger partial charge in [0.25, 0.3) is 0 Å². The van der Waals surface area contributed by atoms with Gasteiger partial charge in [0.1, 0.15) is 0 Å². The summed E-state index contributed by atoms with van der Waals surface area (Å²) in [5.41, 5.74) is 2.52. The number of hydrazine groups is 1. The number of nitrogens with one attached hydrogen (secondary N) is 1. The second kappa shape index (κ2) is 4.54. The van der Waals surface area contributed by atoms with Crippen molar-refractivity contribution in [2.24, 2.45) is 10.8 Å². The molecule has 1 aromatic carbocycles. The van der Waals surface area contributed by atoms with Crippen molar-refractivity contribution in [1.29, 1.82) is 0 Å². The number of aliphatic imine (C=N–C) groups is 1. The van der Waals surface area contributed by atoms with E-state index in [1.807, 2.05) is 0 Å². The van der Waals surface area contributed by atoms with Gasteiger partial charge >= 0.3 is 0 Å². The van der Waals surface area contributed by atoms with Gasteiger partial charge in [-0.1, -0.05) is 6.07 Å². The Labute approximate surface area is 85.9 Å². The normalized spacial score (nSPS) is 10.4. The summed E-state index contributed by atoms with van der Waals surface area (Å²) >= 11 is 4.65. The van der Waals surface area contributed by atoms with Crippen LogP contribution in [0.1, 0.15) is 5.56 Å². The molecule has 0 aliphatic rings. The van der Waals surface area contributed by atoms with Crippen LogP contribution in [0.5, 0.6) is 11.5 Å². The van der Waals surface area contributed by atoms with Crippen molar-refractivity contribution in [3.63, 3.8) is 0 Å². The Morgan fingerprint density at radius 2 is 2.21 bits per heavy atom. The van der Waals surface area contributed by atoms with Crippen LogP contribution < -0.4 is 11.3 Å². The number of nitrogens with two attached hydrogens (primary N) is 1. The van der Waals surface area contributed by atoms with Gasteiger partial charge < -0.3 is 10.2 Å². The summed E-state index contributed by atoms with van der Waals surface area (Å²) in [6, 6.07) is 4.53. The number of thiocarbonyl (C=S) groups is 1. The third-order valence-corrected chi connectivity index (χ3v) is 1.71. The minimum atomic E-state index is -0.240. The van der Waals surface area contributed by atoms with Gasteiger partial charge in [0.15, 0.2) is 11.5 Å². The maximum atomic E-state index is 9.35. The van der Waals surface area contributed by atoms with Crippen LogP contribution >= 0.6 is 12.2 Å². The molecule has 0 bridgehead atoms. The highest BCUT2D eigenvalue weighted by atomic mass is 32.1. The minimum Gasteiger partial charge on any atom is -0.504 e. The molecule has 5 nitrogen and oxygen atoms in total. The topological polar surface area (TPSA) is 90.9 Å². The Balaban J connectivity index is 2.92. The van der Waals surface area contributed by atoms with E-state index in [-0.39, 0.29) is 16.6 Å². The van der Waals surface area contributed by atoms with Crippen LogP contribution in [-0.2, 0) is 0 Å². The molecular formula is C8H9N3O2S.